The Morgan fingerprint density at radius 3 is 2.75 bits per heavy atom. The second-order valence-electron chi connectivity index (χ2n) is 4.68. The lowest BCUT2D eigenvalue weighted by Gasteiger charge is -2.13. The Bertz CT molecular complexity index is 660. The zero-order chi connectivity index (χ0) is 13.6. The van der Waals surface area contributed by atoms with Gasteiger partial charge in [0.05, 0.1) is 23.9 Å². The molecule has 2 aliphatic heterocycles. The first kappa shape index (κ1) is 15.7. The largest absolute Gasteiger partial charge is 1.00 e. The molecule has 2 heterocycles. The zero-order valence-corrected chi connectivity index (χ0v) is 14.0. The normalized spacial score (nSPS) is 27.1. The SMILES string of the molecule is COc1ccccc1[N+]1=C(N)SC2CS(=O)(=O)CC21.[Br-]. The second kappa shape index (κ2) is 5.57. The summed E-state index contributed by atoms with van der Waals surface area (Å²) in [6, 6.07) is 7.44. The summed E-state index contributed by atoms with van der Waals surface area (Å²) in [5.74, 6) is 1.06. The number of hydrogen-bond donors (Lipinski definition) is 1. The van der Waals surface area contributed by atoms with Crippen LogP contribution in [0.15, 0.2) is 24.3 Å². The topological polar surface area (TPSA) is 72.4 Å². The van der Waals surface area contributed by atoms with E-state index in [0.717, 1.165) is 5.69 Å². The maximum Gasteiger partial charge on any atom is 0.310 e. The summed E-state index contributed by atoms with van der Waals surface area (Å²) < 4.78 is 30.8. The smallest absolute Gasteiger partial charge is 0.310 e. The van der Waals surface area contributed by atoms with E-state index in [2.05, 4.69) is 0 Å². The van der Waals surface area contributed by atoms with Crippen LogP contribution in [0.3, 0.4) is 0 Å². The first-order valence-corrected chi connectivity index (χ1v) is 8.64. The number of fused-ring (bicyclic) bond motifs is 1. The molecule has 110 valence electrons. The minimum absolute atomic E-state index is 0. The highest BCUT2D eigenvalue weighted by molar-refractivity contribution is 8.15. The quantitative estimate of drug-likeness (QED) is 0.579. The van der Waals surface area contributed by atoms with E-state index < -0.39 is 9.84 Å². The fraction of sp³-hybridized carbons (Fsp3) is 0.417. The zero-order valence-electron chi connectivity index (χ0n) is 10.8. The van der Waals surface area contributed by atoms with Gasteiger partial charge >= 0.3 is 5.17 Å². The molecule has 2 unspecified atom stereocenters. The van der Waals surface area contributed by atoms with Crippen LogP contribution in [0.4, 0.5) is 5.69 Å². The number of benzene rings is 1. The third-order valence-corrected chi connectivity index (χ3v) is 6.61. The number of ether oxygens (including phenoxy) is 1. The van der Waals surface area contributed by atoms with E-state index in [1.54, 1.807) is 7.11 Å². The van der Waals surface area contributed by atoms with Gasteiger partial charge < -0.3 is 21.7 Å². The van der Waals surface area contributed by atoms with E-state index in [-0.39, 0.29) is 39.8 Å². The summed E-state index contributed by atoms with van der Waals surface area (Å²) in [5, 5.41) is 0.671. The van der Waals surface area contributed by atoms with Crippen molar-refractivity contribution in [2.24, 2.45) is 5.73 Å². The highest BCUT2D eigenvalue weighted by Crippen LogP contribution is 2.39. The van der Waals surface area contributed by atoms with E-state index in [1.165, 1.54) is 11.8 Å². The van der Waals surface area contributed by atoms with Gasteiger partial charge in [0.1, 0.15) is 6.04 Å². The van der Waals surface area contributed by atoms with Crippen LogP contribution >= 0.6 is 11.8 Å². The number of nitrogens with two attached hydrogens (primary N) is 1. The molecule has 1 fully saturated rings. The Morgan fingerprint density at radius 1 is 1.35 bits per heavy atom. The summed E-state index contributed by atoms with van der Waals surface area (Å²) in [6.45, 7) is 0. The molecule has 1 saturated heterocycles. The summed E-state index contributed by atoms with van der Waals surface area (Å²) in [4.78, 5) is 0. The number of halogens is 1. The lowest BCUT2D eigenvalue weighted by atomic mass is 10.2. The van der Waals surface area contributed by atoms with Crippen LogP contribution < -0.4 is 27.5 Å². The number of methoxy groups -OCH3 is 1. The van der Waals surface area contributed by atoms with Crippen molar-refractivity contribution in [3.05, 3.63) is 24.3 Å². The van der Waals surface area contributed by atoms with Crippen LogP contribution in [0, 0.1) is 0 Å². The average Bonchev–Trinajstić information content (AvgIpc) is 2.79. The van der Waals surface area contributed by atoms with Gasteiger partial charge in [0.2, 0.25) is 0 Å². The number of para-hydroxylation sites is 2. The lowest BCUT2D eigenvalue weighted by molar-refractivity contribution is -0.471. The Labute approximate surface area is 132 Å². The second-order valence-corrected chi connectivity index (χ2v) is 8.09. The van der Waals surface area contributed by atoms with Crippen molar-refractivity contribution in [3.8, 4) is 5.75 Å². The molecule has 1 aromatic rings. The fourth-order valence-corrected chi connectivity index (χ4v) is 6.46. The molecule has 0 aliphatic carbocycles. The molecule has 2 aliphatic rings. The van der Waals surface area contributed by atoms with Crippen LogP contribution in [0.2, 0.25) is 0 Å². The lowest BCUT2D eigenvalue weighted by Crippen LogP contribution is -3.00. The predicted octanol–water partition coefficient (Wildman–Crippen LogP) is -2.43. The van der Waals surface area contributed by atoms with Crippen molar-refractivity contribution in [3.63, 3.8) is 0 Å². The van der Waals surface area contributed by atoms with Crippen LogP contribution in [0.25, 0.3) is 0 Å². The third-order valence-electron chi connectivity index (χ3n) is 3.46. The van der Waals surface area contributed by atoms with Gasteiger partial charge in [-0.3, -0.25) is 5.73 Å². The molecule has 0 radical (unpaired) electrons. The molecular weight excluding hydrogens is 364 g/mol. The molecule has 0 saturated carbocycles. The van der Waals surface area contributed by atoms with Gasteiger partial charge in [-0.25, -0.2) is 13.0 Å². The highest BCUT2D eigenvalue weighted by atomic mass is 79.9. The van der Waals surface area contributed by atoms with E-state index in [4.69, 9.17) is 10.5 Å². The summed E-state index contributed by atoms with van der Waals surface area (Å²) in [5.41, 5.74) is 6.90. The van der Waals surface area contributed by atoms with Crippen LogP contribution in [-0.4, -0.2) is 48.1 Å². The van der Waals surface area contributed by atoms with Gasteiger partial charge in [0, 0.05) is 0 Å². The van der Waals surface area contributed by atoms with Crippen LogP contribution in [0.1, 0.15) is 0 Å². The molecule has 0 spiro atoms. The maximum absolute atomic E-state index is 11.8. The van der Waals surface area contributed by atoms with Crippen LogP contribution in [-0.2, 0) is 9.84 Å². The number of hydrogen-bond acceptors (Lipinski definition) is 5. The number of nitrogens with zero attached hydrogens (tertiary/aromatic N) is 1. The molecule has 3 rings (SSSR count). The van der Waals surface area contributed by atoms with Crippen molar-refractivity contribution in [1.82, 2.24) is 0 Å². The molecule has 8 heteroatoms. The number of amidine groups is 1. The number of rotatable bonds is 2. The molecule has 0 bridgehead atoms. The molecule has 20 heavy (non-hydrogen) atoms. The van der Waals surface area contributed by atoms with E-state index in [0.29, 0.717) is 10.9 Å². The van der Waals surface area contributed by atoms with Crippen LogP contribution in [0.5, 0.6) is 5.75 Å². The molecule has 2 N–H and O–H groups in total. The van der Waals surface area contributed by atoms with Crippen molar-refractivity contribution in [1.29, 1.82) is 0 Å². The van der Waals surface area contributed by atoms with Gasteiger partial charge in [0.15, 0.2) is 21.3 Å². The standard InChI is InChI=1S/C12H14N2O3S2.BrH/c1-17-10-5-3-2-4-8(10)14-9-6-19(15,16)7-11(9)18-12(14)13;/h2-5,9,11,13H,6-7H2,1H3;1H. The molecule has 0 amide bonds. The van der Waals surface area contributed by atoms with Gasteiger partial charge in [0.25, 0.3) is 0 Å². The van der Waals surface area contributed by atoms with Gasteiger partial charge in [-0.15, -0.1) is 0 Å². The van der Waals surface area contributed by atoms with Gasteiger partial charge in [-0.2, -0.15) is 0 Å². The Balaban J connectivity index is 0.00000147. The first-order valence-electron chi connectivity index (χ1n) is 5.93. The van der Waals surface area contributed by atoms with E-state index in [1.807, 2.05) is 28.8 Å². The first-order chi connectivity index (χ1) is 9.02. The maximum atomic E-state index is 11.8. The van der Waals surface area contributed by atoms with Crippen molar-refractivity contribution < 1.29 is 34.7 Å². The molecular formula is C12H15BrN2O3S2. The molecule has 1 aromatic carbocycles. The number of sulfone groups is 1. The summed E-state index contributed by atoms with van der Waals surface area (Å²) in [7, 11) is -1.36. The third kappa shape index (κ3) is 2.56. The molecule has 2 atom stereocenters. The minimum Gasteiger partial charge on any atom is -1.00 e. The van der Waals surface area contributed by atoms with Crippen molar-refractivity contribution >= 4 is 32.5 Å². The monoisotopic (exact) mass is 378 g/mol. The molecule has 5 nitrogen and oxygen atoms in total. The van der Waals surface area contributed by atoms with Crippen molar-refractivity contribution in [2.75, 3.05) is 18.6 Å². The van der Waals surface area contributed by atoms with E-state index in [9.17, 15) is 8.42 Å². The Morgan fingerprint density at radius 2 is 2.05 bits per heavy atom. The van der Waals surface area contributed by atoms with Gasteiger partial charge in [-0.1, -0.05) is 12.1 Å². The van der Waals surface area contributed by atoms with Crippen molar-refractivity contribution in [2.45, 2.75) is 11.3 Å². The highest BCUT2D eigenvalue weighted by Gasteiger charge is 2.50. The number of thioether (sulfide) groups is 1. The summed E-state index contributed by atoms with van der Waals surface area (Å²) >= 11 is 1.45. The average molecular weight is 379 g/mol. The van der Waals surface area contributed by atoms with E-state index >= 15 is 0 Å². The van der Waals surface area contributed by atoms with Gasteiger partial charge in [-0.05, 0) is 23.9 Å². The predicted molar refractivity (Wildman–Crippen MR) is 75.9 cm³/mol. The Hall–Kier alpha value is -0.730. The fourth-order valence-electron chi connectivity index (χ4n) is 2.65. The minimum atomic E-state index is -2.96. The summed E-state index contributed by atoms with van der Waals surface area (Å²) in [6.07, 6.45) is 0. The Kier molecular flexibility index (Phi) is 4.36. The molecule has 0 aromatic heterocycles.